The molecule has 6 heteroatoms. The van der Waals surface area contributed by atoms with Crippen molar-refractivity contribution in [1.82, 2.24) is 15.0 Å². The van der Waals surface area contributed by atoms with Crippen LogP contribution in [0.1, 0.15) is 18.4 Å². The van der Waals surface area contributed by atoms with E-state index in [1.54, 1.807) is 12.3 Å². The summed E-state index contributed by atoms with van der Waals surface area (Å²) in [6.45, 7) is 3.52. The normalized spacial score (nSPS) is 21.4. The summed E-state index contributed by atoms with van der Waals surface area (Å²) in [5.41, 5.74) is 0.947. The number of pyridine rings is 1. The molecule has 2 rings (SSSR count). The molecule has 0 spiro atoms. The van der Waals surface area contributed by atoms with E-state index < -0.39 is 10.0 Å². The fourth-order valence-corrected chi connectivity index (χ4v) is 3.04. The minimum absolute atomic E-state index is 0.0307. The molecule has 0 saturated carbocycles. The van der Waals surface area contributed by atoms with Crippen LogP contribution in [0.4, 0.5) is 0 Å². The predicted molar refractivity (Wildman–Crippen MR) is 65.2 cm³/mol. The number of hydrogen-bond acceptors (Lipinski definition) is 4. The molecule has 0 bridgehead atoms. The van der Waals surface area contributed by atoms with Crippen LogP contribution in [0.15, 0.2) is 23.4 Å². The minimum Gasteiger partial charge on any atom is -0.315 e. The van der Waals surface area contributed by atoms with Crippen LogP contribution in [-0.4, -0.2) is 32.5 Å². The molecule has 0 aromatic carbocycles. The largest absolute Gasteiger partial charge is 0.315 e. The third-order valence-corrected chi connectivity index (χ3v) is 4.21. The SMILES string of the molecule is Cc1ccc(S(=O)(=O)NC2CCCNC2)nc1. The fourth-order valence-electron chi connectivity index (χ4n) is 1.85. The highest BCUT2D eigenvalue weighted by atomic mass is 32.2. The van der Waals surface area contributed by atoms with Gasteiger partial charge >= 0.3 is 0 Å². The number of nitrogens with zero attached hydrogens (tertiary/aromatic N) is 1. The van der Waals surface area contributed by atoms with Gasteiger partial charge in [0.2, 0.25) is 0 Å². The monoisotopic (exact) mass is 255 g/mol. The molecule has 2 heterocycles. The van der Waals surface area contributed by atoms with Crippen LogP contribution in [0, 0.1) is 6.92 Å². The van der Waals surface area contributed by atoms with Gasteiger partial charge in [0, 0.05) is 18.8 Å². The third-order valence-electron chi connectivity index (χ3n) is 2.78. The molecule has 1 atom stereocenters. The first-order valence-corrected chi connectivity index (χ1v) is 7.22. The average molecular weight is 255 g/mol. The summed E-state index contributed by atoms with van der Waals surface area (Å²) in [7, 11) is -3.48. The summed E-state index contributed by atoms with van der Waals surface area (Å²) in [4.78, 5) is 3.94. The van der Waals surface area contributed by atoms with Crippen molar-refractivity contribution < 1.29 is 8.42 Å². The number of rotatable bonds is 3. The Morgan fingerprint density at radius 2 is 2.29 bits per heavy atom. The Labute approximate surface area is 102 Å². The van der Waals surface area contributed by atoms with Gasteiger partial charge in [-0.3, -0.25) is 0 Å². The summed E-state index contributed by atoms with van der Waals surface area (Å²) in [6, 6.07) is 3.26. The second kappa shape index (κ2) is 5.12. The van der Waals surface area contributed by atoms with Crippen molar-refractivity contribution in [3.63, 3.8) is 0 Å². The lowest BCUT2D eigenvalue weighted by Crippen LogP contribution is -2.45. The molecule has 0 amide bonds. The van der Waals surface area contributed by atoms with Gasteiger partial charge < -0.3 is 5.32 Å². The number of aryl methyl sites for hydroxylation is 1. The highest BCUT2D eigenvalue weighted by molar-refractivity contribution is 7.89. The average Bonchev–Trinajstić information content (AvgIpc) is 2.30. The van der Waals surface area contributed by atoms with Gasteiger partial charge in [0.15, 0.2) is 5.03 Å². The molecule has 1 aliphatic rings. The Kier molecular flexibility index (Phi) is 3.76. The molecule has 0 aliphatic carbocycles. The number of sulfonamides is 1. The maximum absolute atomic E-state index is 12.0. The van der Waals surface area contributed by atoms with Crippen LogP contribution in [-0.2, 0) is 10.0 Å². The van der Waals surface area contributed by atoms with Crippen molar-refractivity contribution in [1.29, 1.82) is 0 Å². The first kappa shape index (κ1) is 12.5. The van der Waals surface area contributed by atoms with Crippen molar-refractivity contribution in [3.05, 3.63) is 23.9 Å². The zero-order valence-corrected chi connectivity index (χ0v) is 10.6. The summed E-state index contributed by atoms with van der Waals surface area (Å²) in [5, 5.41) is 3.26. The van der Waals surface area contributed by atoms with Gasteiger partial charge in [0.25, 0.3) is 10.0 Å². The molecular weight excluding hydrogens is 238 g/mol. The second-order valence-corrected chi connectivity index (χ2v) is 6.00. The third kappa shape index (κ3) is 3.24. The van der Waals surface area contributed by atoms with E-state index in [1.807, 2.05) is 6.92 Å². The molecule has 1 aromatic heterocycles. The lowest BCUT2D eigenvalue weighted by Gasteiger charge is -2.23. The van der Waals surface area contributed by atoms with E-state index in [9.17, 15) is 8.42 Å². The van der Waals surface area contributed by atoms with Crippen LogP contribution in [0.25, 0.3) is 0 Å². The summed E-state index contributed by atoms with van der Waals surface area (Å²) in [6.07, 6.45) is 3.43. The van der Waals surface area contributed by atoms with Gasteiger partial charge in [0.05, 0.1) is 0 Å². The van der Waals surface area contributed by atoms with Crippen molar-refractivity contribution in [3.8, 4) is 0 Å². The molecule has 1 aliphatic heterocycles. The first-order chi connectivity index (χ1) is 8.08. The quantitative estimate of drug-likeness (QED) is 0.821. The minimum atomic E-state index is -3.48. The van der Waals surface area contributed by atoms with E-state index in [2.05, 4.69) is 15.0 Å². The predicted octanol–water partition coefficient (Wildman–Crippen LogP) is 0.420. The van der Waals surface area contributed by atoms with Crippen LogP contribution in [0.5, 0.6) is 0 Å². The van der Waals surface area contributed by atoms with Crippen molar-refractivity contribution in [2.75, 3.05) is 13.1 Å². The maximum Gasteiger partial charge on any atom is 0.258 e. The number of nitrogens with one attached hydrogen (secondary N) is 2. The standard InChI is InChI=1S/C11H17N3O2S/c1-9-4-5-11(13-7-9)17(15,16)14-10-3-2-6-12-8-10/h4-5,7,10,12,14H,2-3,6,8H2,1H3. The van der Waals surface area contributed by atoms with Crippen LogP contribution < -0.4 is 10.0 Å². The topological polar surface area (TPSA) is 71.1 Å². The Morgan fingerprint density at radius 1 is 1.47 bits per heavy atom. The zero-order valence-electron chi connectivity index (χ0n) is 9.81. The maximum atomic E-state index is 12.0. The Balaban J connectivity index is 2.10. The number of hydrogen-bond donors (Lipinski definition) is 2. The van der Waals surface area contributed by atoms with E-state index in [0.29, 0.717) is 6.54 Å². The van der Waals surface area contributed by atoms with Crippen LogP contribution >= 0.6 is 0 Å². The molecule has 1 unspecified atom stereocenters. The molecule has 1 fully saturated rings. The first-order valence-electron chi connectivity index (χ1n) is 5.74. The van der Waals surface area contributed by atoms with Gasteiger partial charge in [-0.1, -0.05) is 6.07 Å². The van der Waals surface area contributed by atoms with Crippen molar-refractivity contribution in [2.24, 2.45) is 0 Å². The lowest BCUT2D eigenvalue weighted by molar-refractivity contribution is 0.428. The summed E-state index contributed by atoms with van der Waals surface area (Å²) in [5.74, 6) is 0. The summed E-state index contributed by atoms with van der Waals surface area (Å²) >= 11 is 0. The second-order valence-electron chi connectivity index (χ2n) is 4.34. The number of piperidine rings is 1. The van der Waals surface area contributed by atoms with Crippen LogP contribution in [0.3, 0.4) is 0 Å². The lowest BCUT2D eigenvalue weighted by atomic mass is 10.1. The zero-order chi connectivity index (χ0) is 12.3. The highest BCUT2D eigenvalue weighted by Gasteiger charge is 2.22. The van der Waals surface area contributed by atoms with Gasteiger partial charge in [-0.25, -0.2) is 18.1 Å². The van der Waals surface area contributed by atoms with Gasteiger partial charge in [0.1, 0.15) is 0 Å². The fraction of sp³-hybridized carbons (Fsp3) is 0.545. The van der Waals surface area contributed by atoms with Gasteiger partial charge in [-0.05, 0) is 37.9 Å². The Morgan fingerprint density at radius 3 is 2.88 bits per heavy atom. The highest BCUT2D eigenvalue weighted by Crippen LogP contribution is 2.09. The molecule has 0 radical (unpaired) electrons. The number of aromatic nitrogens is 1. The van der Waals surface area contributed by atoms with Crippen molar-refractivity contribution >= 4 is 10.0 Å². The van der Waals surface area contributed by atoms with E-state index >= 15 is 0 Å². The van der Waals surface area contributed by atoms with E-state index in [1.165, 1.54) is 6.07 Å². The molecule has 94 valence electrons. The van der Waals surface area contributed by atoms with E-state index in [4.69, 9.17) is 0 Å². The molecular formula is C11H17N3O2S. The Hall–Kier alpha value is -0.980. The van der Waals surface area contributed by atoms with E-state index in [-0.39, 0.29) is 11.1 Å². The molecule has 1 aromatic rings. The summed E-state index contributed by atoms with van der Waals surface area (Å²) < 4.78 is 26.7. The van der Waals surface area contributed by atoms with Gasteiger partial charge in [-0.15, -0.1) is 0 Å². The van der Waals surface area contributed by atoms with Gasteiger partial charge in [-0.2, -0.15) is 0 Å². The Bertz CT molecular complexity index is 464. The molecule has 5 nitrogen and oxygen atoms in total. The molecule has 1 saturated heterocycles. The van der Waals surface area contributed by atoms with Crippen molar-refractivity contribution in [2.45, 2.75) is 30.8 Å². The molecule has 17 heavy (non-hydrogen) atoms. The van der Waals surface area contributed by atoms with E-state index in [0.717, 1.165) is 24.9 Å². The smallest absolute Gasteiger partial charge is 0.258 e. The van der Waals surface area contributed by atoms with Crippen LogP contribution in [0.2, 0.25) is 0 Å². The molecule has 2 N–H and O–H groups in total.